The lowest BCUT2D eigenvalue weighted by Gasteiger charge is -2.08. The third kappa shape index (κ3) is 10.4. The summed E-state index contributed by atoms with van der Waals surface area (Å²) in [5, 5.41) is 15.7. The molecule has 1 aliphatic carbocycles. The highest BCUT2D eigenvalue weighted by molar-refractivity contribution is 6.27. The van der Waals surface area contributed by atoms with Gasteiger partial charge < -0.3 is 9.47 Å². The number of nitrogens with one attached hydrogen (secondary N) is 1. The topological polar surface area (TPSA) is 88.0 Å². The van der Waals surface area contributed by atoms with E-state index >= 15 is 0 Å². The van der Waals surface area contributed by atoms with Gasteiger partial charge in [-0.25, -0.2) is 4.79 Å². The van der Waals surface area contributed by atoms with E-state index in [-0.39, 0.29) is 5.38 Å². The number of allylic oxidation sites excluding steroid dienone is 7. The number of rotatable bonds is 6. The number of hydrogen-bond acceptors (Lipinski definition) is 5. The molecule has 1 unspecified atom stereocenters. The fraction of sp³-hybridized carbons (Fsp3) is 0.250. The highest BCUT2D eigenvalue weighted by atomic mass is 35.5. The van der Waals surface area contributed by atoms with Gasteiger partial charge in [-0.15, -0.1) is 23.4 Å². The van der Waals surface area contributed by atoms with Gasteiger partial charge in [-0.3, -0.25) is 5.10 Å². The lowest BCUT2D eigenvalue weighted by atomic mass is 9.97. The molecule has 1 N–H and O–H groups in total. The number of H-pyrrole nitrogens is 1. The number of nitrogens with zero attached hydrogens (tertiary/aromatic N) is 2. The molecule has 0 amide bonds. The molecule has 0 spiro atoms. The molecule has 1 atom stereocenters. The second-order valence-corrected chi connectivity index (χ2v) is 8.38. The number of aromatic amines is 1. The van der Waals surface area contributed by atoms with Crippen molar-refractivity contribution in [3.8, 4) is 17.5 Å². The molecule has 1 aromatic carbocycles. The summed E-state index contributed by atoms with van der Waals surface area (Å²) in [6.07, 6.45) is 14.7. The molecule has 8 heteroatoms. The van der Waals surface area contributed by atoms with Crippen LogP contribution in [0.4, 0.5) is 0 Å². The van der Waals surface area contributed by atoms with Crippen LogP contribution in [0.2, 0.25) is 0 Å². The summed E-state index contributed by atoms with van der Waals surface area (Å²) in [5.41, 5.74) is 6.28. The van der Waals surface area contributed by atoms with Crippen molar-refractivity contribution in [1.82, 2.24) is 10.2 Å². The minimum absolute atomic E-state index is 0.0579. The smallest absolute Gasteiger partial charge is 0.356 e. The van der Waals surface area contributed by atoms with Crippen molar-refractivity contribution in [3.05, 3.63) is 95.4 Å². The van der Waals surface area contributed by atoms with Gasteiger partial charge in [-0.1, -0.05) is 67.1 Å². The SMILES string of the molecule is C=CCC.CC(Cl)/C=C/Cl.COC(=O)c1cc(-c2ccc(C3=CC=CCC(OC#N)=C3)cc2C)n[nH]1. The van der Waals surface area contributed by atoms with Gasteiger partial charge in [0.1, 0.15) is 11.5 Å². The van der Waals surface area contributed by atoms with E-state index < -0.39 is 5.97 Å². The summed E-state index contributed by atoms with van der Waals surface area (Å²) >= 11 is 10.5. The highest BCUT2D eigenvalue weighted by Crippen LogP contribution is 2.28. The molecule has 3 rings (SSSR count). The maximum absolute atomic E-state index is 11.6. The van der Waals surface area contributed by atoms with E-state index in [1.54, 1.807) is 18.4 Å². The summed E-state index contributed by atoms with van der Waals surface area (Å²) in [6.45, 7) is 9.37. The van der Waals surface area contributed by atoms with Crippen LogP contribution in [0.25, 0.3) is 16.8 Å². The Labute approximate surface area is 223 Å². The minimum Gasteiger partial charge on any atom is -0.464 e. The van der Waals surface area contributed by atoms with E-state index in [0.717, 1.165) is 28.7 Å². The Morgan fingerprint density at radius 2 is 2.11 bits per heavy atom. The molecule has 0 fully saturated rings. The zero-order valence-corrected chi connectivity index (χ0v) is 22.4. The van der Waals surface area contributed by atoms with Crippen molar-refractivity contribution >= 4 is 34.7 Å². The van der Waals surface area contributed by atoms with Gasteiger partial charge in [0.05, 0.1) is 12.8 Å². The number of methoxy groups -OCH3 is 1. The standard InChI is InChI=1S/C20H17N3O3.C4H6Cl2.C4H8/c1-13-9-15(14-5-3-4-6-16(10-14)26-12-21)7-8-17(13)18-11-19(23-22-18)20(24)25-2;1-4(6)2-3-5;1-3-4-2/h3-5,7-11H,6H2,1-2H3,(H,22,23);2-4H,1H3;3H,1,4H2,2H3/b;3-2+;. The van der Waals surface area contributed by atoms with Crippen LogP contribution in [0.5, 0.6) is 0 Å². The minimum atomic E-state index is -0.455. The summed E-state index contributed by atoms with van der Waals surface area (Å²) in [6, 6.07) is 7.63. The molecular weight excluding hydrogens is 497 g/mol. The molecule has 0 saturated carbocycles. The van der Waals surface area contributed by atoms with Gasteiger partial charge in [-0.05, 0) is 49.1 Å². The molecule has 6 nitrogen and oxygen atoms in total. The summed E-state index contributed by atoms with van der Waals surface area (Å²) in [7, 11) is 1.33. The Balaban J connectivity index is 0.000000551. The first-order chi connectivity index (χ1) is 17.3. The molecule has 1 heterocycles. The first kappa shape index (κ1) is 30.5. The fourth-order valence-corrected chi connectivity index (χ4v) is 3.22. The number of carbonyl (C=O) groups excluding carboxylic acids is 1. The van der Waals surface area contributed by atoms with Crippen molar-refractivity contribution in [3.63, 3.8) is 0 Å². The van der Waals surface area contributed by atoms with Crippen molar-refractivity contribution < 1.29 is 14.3 Å². The van der Waals surface area contributed by atoms with E-state index in [0.29, 0.717) is 23.6 Å². The summed E-state index contributed by atoms with van der Waals surface area (Å²) in [5.74, 6) is 0.146. The number of hydrogen-bond donors (Lipinski definition) is 1. The Morgan fingerprint density at radius 1 is 1.39 bits per heavy atom. The van der Waals surface area contributed by atoms with Crippen LogP contribution in [-0.2, 0) is 9.47 Å². The predicted molar refractivity (Wildman–Crippen MR) is 147 cm³/mol. The maximum atomic E-state index is 11.6. The number of carbonyl (C=O) groups is 1. The van der Waals surface area contributed by atoms with Gasteiger partial charge in [0.25, 0.3) is 6.26 Å². The molecule has 190 valence electrons. The second kappa shape index (κ2) is 17.0. The number of aromatic nitrogens is 2. The average Bonchev–Trinajstić information content (AvgIpc) is 3.24. The Hall–Kier alpha value is -3.53. The first-order valence-electron chi connectivity index (χ1n) is 11.2. The van der Waals surface area contributed by atoms with Gasteiger partial charge >= 0.3 is 5.97 Å². The van der Waals surface area contributed by atoms with Crippen LogP contribution in [0, 0.1) is 18.4 Å². The first-order valence-corrected chi connectivity index (χ1v) is 12.1. The largest absolute Gasteiger partial charge is 0.464 e. The van der Waals surface area contributed by atoms with Crippen molar-refractivity contribution in [2.75, 3.05) is 7.11 Å². The number of alkyl halides is 1. The fourth-order valence-electron chi connectivity index (χ4n) is 2.85. The quantitative estimate of drug-likeness (QED) is 0.179. The maximum Gasteiger partial charge on any atom is 0.356 e. The zero-order chi connectivity index (χ0) is 26.9. The number of nitriles is 1. The molecule has 1 aromatic heterocycles. The van der Waals surface area contributed by atoms with Gasteiger partial charge in [0.15, 0.2) is 0 Å². The number of halogens is 2. The number of esters is 1. The second-order valence-electron chi connectivity index (χ2n) is 7.44. The van der Waals surface area contributed by atoms with Gasteiger partial charge in [0.2, 0.25) is 0 Å². The Morgan fingerprint density at radius 3 is 2.64 bits per heavy atom. The molecule has 0 bridgehead atoms. The molecule has 0 radical (unpaired) electrons. The van der Waals surface area contributed by atoms with Crippen LogP contribution in [-0.4, -0.2) is 28.7 Å². The number of benzene rings is 1. The van der Waals surface area contributed by atoms with Crippen molar-refractivity contribution in [2.24, 2.45) is 0 Å². The van der Waals surface area contributed by atoms with E-state index in [2.05, 4.69) is 23.7 Å². The van der Waals surface area contributed by atoms with Crippen LogP contribution in [0.1, 0.15) is 48.3 Å². The van der Waals surface area contributed by atoms with Crippen LogP contribution in [0.15, 0.2) is 78.6 Å². The molecule has 1 aliphatic rings. The van der Waals surface area contributed by atoms with Crippen LogP contribution in [0.3, 0.4) is 0 Å². The average molecular weight is 528 g/mol. The normalized spacial score (nSPS) is 12.9. The third-order valence-electron chi connectivity index (χ3n) is 4.67. The third-order valence-corrected chi connectivity index (χ3v) is 4.96. The van der Waals surface area contributed by atoms with Crippen molar-refractivity contribution in [1.29, 1.82) is 5.26 Å². The molecular formula is C28H31Cl2N3O3. The van der Waals surface area contributed by atoms with E-state index in [4.69, 9.17) is 37.9 Å². The predicted octanol–water partition coefficient (Wildman–Crippen LogP) is 7.85. The van der Waals surface area contributed by atoms with Gasteiger partial charge in [-0.2, -0.15) is 5.10 Å². The zero-order valence-electron chi connectivity index (χ0n) is 20.9. The van der Waals surface area contributed by atoms with Crippen LogP contribution >= 0.6 is 23.2 Å². The van der Waals surface area contributed by atoms with E-state index in [1.807, 2.05) is 62.4 Å². The lowest BCUT2D eigenvalue weighted by molar-refractivity contribution is 0.0594. The van der Waals surface area contributed by atoms with E-state index in [9.17, 15) is 4.79 Å². The molecule has 0 saturated heterocycles. The Bertz CT molecular complexity index is 1170. The summed E-state index contributed by atoms with van der Waals surface area (Å²) < 4.78 is 9.68. The monoisotopic (exact) mass is 527 g/mol. The van der Waals surface area contributed by atoms with Gasteiger partial charge in [0, 0.05) is 22.9 Å². The molecule has 36 heavy (non-hydrogen) atoms. The number of ether oxygens (including phenoxy) is 2. The van der Waals surface area contributed by atoms with Crippen LogP contribution < -0.4 is 0 Å². The Kier molecular flexibility index (Phi) is 14.4. The molecule has 2 aromatic rings. The number of aryl methyl sites for hydroxylation is 1. The van der Waals surface area contributed by atoms with Crippen molar-refractivity contribution in [2.45, 2.75) is 39.0 Å². The molecule has 0 aliphatic heterocycles. The summed E-state index contributed by atoms with van der Waals surface area (Å²) in [4.78, 5) is 11.6. The lowest BCUT2D eigenvalue weighted by Crippen LogP contribution is -2.00. The highest BCUT2D eigenvalue weighted by Gasteiger charge is 2.13. The van der Waals surface area contributed by atoms with E-state index in [1.165, 1.54) is 12.6 Å².